The highest BCUT2D eigenvalue weighted by Crippen LogP contribution is 2.25. The Bertz CT molecular complexity index is 504. The Morgan fingerprint density at radius 1 is 1.28 bits per heavy atom. The second kappa shape index (κ2) is 4.93. The third-order valence-corrected chi connectivity index (χ3v) is 2.66. The van der Waals surface area contributed by atoms with Crippen LogP contribution in [-0.2, 0) is 4.79 Å². The van der Waals surface area contributed by atoms with E-state index in [2.05, 4.69) is 0 Å². The summed E-state index contributed by atoms with van der Waals surface area (Å²) in [4.78, 5) is 12.0. The number of phenolic OH excluding ortho intramolecular Hbond substituents is 1. The first-order valence-corrected chi connectivity index (χ1v) is 5.41. The number of benzene rings is 1. The monoisotopic (exact) mass is 247 g/mol. The van der Waals surface area contributed by atoms with Gasteiger partial charge in [-0.3, -0.25) is 4.79 Å². The van der Waals surface area contributed by atoms with Crippen LogP contribution in [0.25, 0.3) is 5.57 Å². The number of allylic oxidation sites excluding steroid dienone is 2. The lowest BCUT2D eigenvalue weighted by Crippen LogP contribution is -2.36. The van der Waals surface area contributed by atoms with Crippen molar-refractivity contribution in [3.05, 3.63) is 48.2 Å². The molecule has 0 saturated carbocycles. The molecule has 1 heterocycles. The van der Waals surface area contributed by atoms with Crippen LogP contribution >= 0.6 is 0 Å². The Hall–Kier alpha value is -2.27. The van der Waals surface area contributed by atoms with Crippen LogP contribution in [0.2, 0.25) is 0 Å². The first kappa shape index (κ1) is 12.2. The zero-order chi connectivity index (χ0) is 13.1. The zero-order valence-corrected chi connectivity index (χ0v) is 9.52. The molecule has 1 aromatic rings. The van der Waals surface area contributed by atoms with Crippen molar-refractivity contribution in [3.63, 3.8) is 0 Å². The molecule has 0 fully saturated rings. The zero-order valence-electron chi connectivity index (χ0n) is 9.52. The van der Waals surface area contributed by atoms with Crippen molar-refractivity contribution in [1.29, 1.82) is 0 Å². The van der Waals surface area contributed by atoms with Crippen LogP contribution < -0.4 is 0 Å². The Labute approximate surface area is 104 Å². The number of aliphatic hydroxyl groups is 1. The summed E-state index contributed by atoms with van der Waals surface area (Å²) in [6.45, 7) is -0.271. The number of phenols is 1. The summed E-state index contributed by atoms with van der Waals surface area (Å²) < 4.78 is 0. The van der Waals surface area contributed by atoms with Crippen LogP contribution in [0.3, 0.4) is 0 Å². The Morgan fingerprint density at radius 2 is 1.94 bits per heavy atom. The fourth-order valence-corrected chi connectivity index (χ4v) is 1.80. The maximum Gasteiger partial charge on any atom is 0.323 e. The van der Waals surface area contributed by atoms with Crippen molar-refractivity contribution in [2.75, 3.05) is 6.54 Å². The van der Waals surface area contributed by atoms with Gasteiger partial charge in [-0.15, -0.1) is 0 Å². The molecule has 5 heteroatoms. The molecule has 1 aliphatic heterocycles. The molecule has 0 amide bonds. The van der Waals surface area contributed by atoms with Gasteiger partial charge in [0.05, 0.1) is 0 Å². The van der Waals surface area contributed by atoms with Gasteiger partial charge in [-0.1, -0.05) is 18.2 Å². The van der Waals surface area contributed by atoms with E-state index < -0.39 is 12.2 Å². The molecule has 0 radical (unpaired) electrons. The number of carboxylic acids is 1. The van der Waals surface area contributed by atoms with E-state index in [-0.39, 0.29) is 12.3 Å². The summed E-state index contributed by atoms with van der Waals surface area (Å²) in [5.74, 6) is -0.867. The van der Waals surface area contributed by atoms with E-state index in [9.17, 15) is 15.0 Å². The lowest BCUT2D eigenvalue weighted by atomic mass is 10.0. The van der Waals surface area contributed by atoms with E-state index in [0.29, 0.717) is 5.57 Å². The van der Waals surface area contributed by atoms with Crippen molar-refractivity contribution < 1.29 is 20.1 Å². The summed E-state index contributed by atoms with van der Waals surface area (Å²) >= 11 is 0. The van der Waals surface area contributed by atoms with Gasteiger partial charge in [0, 0.05) is 11.8 Å². The molecule has 0 bridgehead atoms. The molecule has 1 unspecified atom stereocenters. The molecule has 3 N–H and O–H groups in total. The van der Waals surface area contributed by atoms with Crippen LogP contribution in [0.1, 0.15) is 5.56 Å². The standard InChI is InChI=1S/C13H13NO4/c15-10-5-3-9(4-6-10)11-2-1-7-14(13(11)18)8-12(16)17/h1-7,13,15,18H,8H2,(H,16,17). The van der Waals surface area contributed by atoms with E-state index in [1.807, 2.05) is 0 Å². The fraction of sp³-hybridized carbons (Fsp3) is 0.154. The highest BCUT2D eigenvalue weighted by molar-refractivity contribution is 5.74. The maximum absolute atomic E-state index is 10.7. The maximum atomic E-state index is 10.7. The van der Waals surface area contributed by atoms with Gasteiger partial charge in [0.25, 0.3) is 0 Å². The molecule has 2 rings (SSSR count). The van der Waals surface area contributed by atoms with E-state index in [1.54, 1.807) is 24.3 Å². The third-order valence-electron chi connectivity index (χ3n) is 2.66. The second-order valence-electron chi connectivity index (χ2n) is 3.95. The van der Waals surface area contributed by atoms with Gasteiger partial charge in [-0.2, -0.15) is 0 Å². The van der Waals surface area contributed by atoms with Crippen molar-refractivity contribution in [1.82, 2.24) is 4.90 Å². The quantitative estimate of drug-likeness (QED) is 0.742. The lowest BCUT2D eigenvalue weighted by molar-refractivity contribution is -0.139. The van der Waals surface area contributed by atoms with E-state index in [1.165, 1.54) is 23.2 Å². The molecule has 5 nitrogen and oxygen atoms in total. The minimum absolute atomic E-state index is 0.141. The number of aliphatic carboxylic acids is 1. The highest BCUT2D eigenvalue weighted by atomic mass is 16.4. The number of nitrogens with zero attached hydrogens (tertiary/aromatic N) is 1. The molecular weight excluding hydrogens is 234 g/mol. The molecule has 0 aliphatic carbocycles. The Balaban J connectivity index is 2.23. The number of aliphatic hydroxyl groups excluding tert-OH is 1. The van der Waals surface area contributed by atoms with Crippen molar-refractivity contribution >= 4 is 11.5 Å². The SMILES string of the molecule is O=C(O)CN1C=CC=C(c2ccc(O)cc2)C1O. The number of rotatable bonds is 3. The van der Waals surface area contributed by atoms with Crippen LogP contribution in [0, 0.1) is 0 Å². The number of carboxylic acid groups (broad SMARTS) is 1. The molecular formula is C13H13NO4. The van der Waals surface area contributed by atoms with Crippen LogP contribution in [-0.4, -0.2) is 39.0 Å². The summed E-state index contributed by atoms with van der Waals surface area (Å²) in [5, 5.41) is 28.0. The van der Waals surface area contributed by atoms with Gasteiger partial charge in [-0.05, 0) is 23.8 Å². The lowest BCUT2D eigenvalue weighted by Gasteiger charge is -2.29. The first-order chi connectivity index (χ1) is 8.58. The predicted octanol–water partition coefficient (Wildman–Crippen LogP) is 1.01. The summed E-state index contributed by atoms with van der Waals surface area (Å²) in [7, 11) is 0. The molecule has 0 spiro atoms. The van der Waals surface area contributed by atoms with E-state index in [0.717, 1.165) is 5.56 Å². The third kappa shape index (κ3) is 2.52. The normalized spacial score (nSPS) is 18.6. The van der Waals surface area contributed by atoms with Crippen molar-refractivity contribution in [2.24, 2.45) is 0 Å². The van der Waals surface area contributed by atoms with Crippen LogP contribution in [0.4, 0.5) is 0 Å². The van der Waals surface area contributed by atoms with E-state index >= 15 is 0 Å². The van der Waals surface area contributed by atoms with Gasteiger partial charge < -0.3 is 20.2 Å². The first-order valence-electron chi connectivity index (χ1n) is 5.41. The van der Waals surface area contributed by atoms with Crippen molar-refractivity contribution in [3.8, 4) is 5.75 Å². The summed E-state index contributed by atoms with van der Waals surface area (Å²) in [5.41, 5.74) is 1.33. The van der Waals surface area contributed by atoms with Crippen LogP contribution in [0.15, 0.2) is 42.6 Å². The molecule has 1 aromatic carbocycles. The number of carbonyl (C=O) groups is 1. The van der Waals surface area contributed by atoms with Crippen molar-refractivity contribution in [2.45, 2.75) is 6.23 Å². The summed E-state index contributed by atoms with van der Waals surface area (Å²) in [6.07, 6.45) is 3.92. The molecule has 18 heavy (non-hydrogen) atoms. The number of hydrogen-bond donors (Lipinski definition) is 3. The molecule has 1 atom stereocenters. The summed E-state index contributed by atoms with van der Waals surface area (Å²) in [6, 6.07) is 6.37. The Morgan fingerprint density at radius 3 is 2.56 bits per heavy atom. The van der Waals surface area contributed by atoms with E-state index in [4.69, 9.17) is 5.11 Å². The largest absolute Gasteiger partial charge is 0.508 e. The number of aromatic hydroxyl groups is 1. The smallest absolute Gasteiger partial charge is 0.323 e. The Kier molecular flexibility index (Phi) is 3.34. The minimum atomic E-state index is -1.01. The average molecular weight is 247 g/mol. The number of hydrogen-bond acceptors (Lipinski definition) is 4. The minimum Gasteiger partial charge on any atom is -0.508 e. The van der Waals surface area contributed by atoms with Gasteiger partial charge in [0.1, 0.15) is 12.3 Å². The molecule has 0 aromatic heterocycles. The molecule has 1 aliphatic rings. The second-order valence-corrected chi connectivity index (χ2v) is 3.95. The highest BCUT2D eigenvalue weighted by Gasteiger charge is 2.22. The van der Waals surface area contributed by atoms with Gasteiger partial charge >= 0.3 is 5.97 Å². The fourth-order valence-electron chi connectivity index (χ4n) is 1.80. The topological polar surface area (TPSA) is 81.0 Å². The van der Waals surface area contributed by atoms with Gasteiger partial charge in [-0.25, -0.2) is 0 Å². The van der Waals surface area contributed by atoms with Crippen LogP contribution in [0.5, 0.6) is 5.75 Å². The van der Waals surface area contributed by atoms with Gasteiger partial charge in [0.15, 0.2) is 6.23 Å². The molecule has 94 valence electrons. The average Bonchev–Trinajstić information content (AvgIpc) is 2.33. The van der Waals surface area contributed by atoms with Gasteiger partial charge in [0.2, 0.25) is 0 Å². The predicted molar refractivity (Wildman–Crippen MR) is 65.6 cm³/mol. The molecule has 0 saturated heterocycles.